The molecule has 0 fully saturated rings. The van der Waals surface area contributed by atoms with Crippen LogP contribution in [-0.4, -0.2) is 11.3 Å². The standard InChI is InChI=1S/C7H15NO/c1-4-5-6(2)8-7(3)9/h5,7-9H,4H2,1-3H3/b6-5+. The third-order valence-corrected chi connectivity index (χ3v) is 0.947. The van der Waals surface area contributed by atoms with E-state index in [9.17, 15) is 0 Å². The molecule has 0 aliphatic heterocycles. The monoisotopic (exact) mass is 129 g/mol. The van der Waals surface area contributed by atoms with Crippen molar-refractivity contribution in [3.05, 3.63) is 11.8 Å². The van der Waals surface area contributed by atoms with Gasteiger partial charge in [-0.2, -0.15) is 0 Å². The largest absolute Gasteiger partial charge is 0.374 e. The lowest BCUT2D eigenvalue weighted by Crippen LogP contribution is -2.22. The fourth-order valence-corrected chi connectivity index (χ4v) is 0.695. The molecule has 0 aliphatic rings. The van der Waals surface area contributed by atoms with Crippen LogP contribution in [0, 0.1) is 0 Å². The van der Waals surface area contributed by atoms with E-state index >= 15 is 0 Å². The molecule has 54 valence electrons. The second-order valence-electron chi connectivity index (χ2n) is 2.12. The smallest absolute Gasteiger partial charge is 0.121 e. The Labute approximate surface area is 56.6 Å². The van der Waals surface area contributed by atoms with Crippen molar-refractivity contribution in [1.82, 2.24) is 5.32 Å². The maximum atomic E-state index is 8.80. The summed E-state index contributed by atoms with van der Waals surface area (Å²) in [5.74, 6) is 0. The maximum Gasteiger partial charge on any atom is 0.121 e. The highest BCUT2D eigenvalue weighted by molar-refractivity contribution is 4.94. The van der Waals surface area contributed by atoms with E-state index in [1.165, 1.54) is 0 Å². The molecule has 0 saturated carbocycles. The van der Waals surface area contributed by atoms with Crippen LogP contribution in [0.15, 0.2) is 11.8 Å². The molecule has 0 aromatic heterocycles. The van der Waals surface area contributed by atoms with Gasteiger partial charge in [0, 0.05) is 5.70 Å². The SMILES string of the molecule is CC/C=C(\C)NC(C)O. The Morgan fingerprint density at radius 2 is 2.33 bits per heavy atom. The van der Waals surface area contributed by atoms with Gasteiger partial charge in [0.2, 0.25) is 0 Å². The molecule has 2 N–H and O–H groups in total. The van der Waals surface area contributed by atoms with Gasteiger partial charge in [-0.15, -0.1) is 0 Å². The van der Waals surface area contributed by atoms with Crippen molar-refractivity contribution >= 4 is 0 Å². The summed E-state index contributed by atoms with van der Waals surface area (Å²) in [7, 11) is 0. The van der Waals surface area contributed by atoms with Crippen LogP contribution >= 0.6 is 0 Å². The molecule has 0 spiro atoms. The Hall–Kier alpha value is -0.500. The summed E-state index contributed by atoms with van der Waals surface area (Å²) in [6.45, 7) is 5.70. The number of hydrogen-bond donors (Lipinski definition) is 2. The highest BCUT2D eigenvalue weighted by atomic mass is 16.3. The predicted molar refractivity (Wildman–Crippen MR) is 38.9 cm³/mol. The van der Waals surface area contributed by atoms with Gasteiger partial charge in [0.15, 0.2) is 0 Å². The summed E-state index contributed by atoms with van der Waals surface area (Å²) in [6, 6.07) is 0. The Balaban J connectivity index is 3.49. The average Bonchev–Trinajstić information content (AvgIpc) is 1.63. The summed E-state index contributed by atoms with van der Waals surface area (Å²) in [4.78, 5) is 0. The quantitative estimate of drug-likeness (QED) is 0.562. The van der Waals surface area contributed by atoms with Gasteiger partial charge in [-0.3, -0.25) is 0 Å². The third-order valence-electron chi connectivity index (χ3n) is 0.947. The first kappa shape index (κ1) is 8.50. The minimum absolute atomic E-state index is 0.437. The van der Waals surface area contributed by atoms with Gasteiger partial charge in [-0.25, -0.2) is 0 Å². The highest BCUT2D eigenvalue weighted by Gasteiger charge is 1.90. The van der Waals surface area contributed by atoms with E-state index in [4.69, 9.17) is 5.11 Å². The molecule has 0 amide bonds. The molecular formula is C7H15NO. The minimum atomic E-state index is -0.437. The predicted octanol–water partition coefficient (Wildman–Crippen LogP) is 1.23. The lowest BCUT2D eigenvalue weighted by atomic mass is 10.3. The van der Waals surface area contributed by atoms with Gasteiger partial charge in [-0.1, -0.05) is 13.0 Å². The molecule has 0 heterocycles. The first-order chi connectivity index (χ1) is 4.16. The number of hydrogen-bond acceptors (Lipinski definition) is 2. The van der Waals surface area contributed by atoms with Gasteiger partial charge >= 0.3 is 0 Å². The molecule has 0 bridgehead atoms. The fraction of sp³-hybridized carbons (Fsp3) is 0.714. The number of aliphatic hydroxyl groups excluding tert-OH is 1. The Morgan fingerprint density at radius 1 is 1.78 bits per heavy atom. The Kier molecular flexibility index (Phi) is 4.14. The third kappa shape index (κ3) is 5.37. The summed E-state index contributed by atoms with van der Waals surface area (Å²) >= 11 is 0. The van der Waals surface area contributed by atoms with Crippen molar-refractivity contribution in [3.8, 4) is 0 Å². The Morgan fingerprint density at radius 3 is 2.67 bits per heavy atom. The van der Waals surface area contributed by atoms with Crippen molar-refractivity contribution in [2.45, 2.75) is 33.4 Å². The number of nitrogens with one attached hydrogen (secondary N) is 1. The van der Waals surface area contributed by atoms with Gasteiger partial charge in [0.1, 0.15) is 6.23 Å². The van der Waals surface area contributed by atoms with E-state index in [1.807, 2.05) is 13.0 Å². The highest BCUT2D eigenvalue weighted by Crippen LogP contribution is 1.90. The topological polar surface area (TPSA) is 32.3 Å². The molecule has 0 aliphatic carbocycles. The Bertz CT molecular complexity index is 97.1. The summed E-state index contributed by atoms with van der Waals surface area (Å²) < 4.78 is 0. The second-order valence-corrected chi connectivity index (χ2v) is 2.12. The van der Waals surface area contributed by atoms with Gasteiger partial charge in [-0.05, 0) is 20.3 Å². The number of allylic oxidation sites excluding steroid dienone is 2. The van der Waals surface area contributed by atoms with Crippen molar-refractivity contribution < 1.29 is 5.11 Å². The molecule has 9 heavy (non-hydrogen) atoms. The lowest BCUT2D eigenvalue weighted by molar-refractivity contribution is 0.169. The van der Waals surface area contributed by atoms with E-state index in [-0.39, 0.29) is 0 Å². The second kappa shape index (κ2) is 4.39. The molecule has 2 nitrogen and oxygen atoms in total. The van der Waals surface area contributed by atoms with Gasteiger partial charge in [0.25, 0.3) is 0 Å². The minimum Gasteiger partial charge on any atom is -0.374 e. The van der Waals surface area contributed by atoms with E-state index in [1.54, 1.807) is 6.92 Å². The maximum absolute atomic E-state index is 8.80. The zero-order valence-electron chi connectivity index (χ0n) is 6.31. The molecule has 0 rings (SSSR count). The molecular weight excluding hydrogens is 114 g/mol. The first-order valence-electron chi connectivity index (χ1n) is 3.28. The van der Waals surface area contributed by atoms with Gasteiger partial charge < -0.3 is 10.4 Å². The molecule has 0 saturated heterocycles. The summed E-state index contributed by atoms with van der Waals surface area (Å²) in [6.07, 6.45) is 2.60. The van der Waals surface area contributed by atoms with Crippen LogP contribution in [0.3, 0.4) is 0 Å². The van der Waals surface area contributed by atoms with Crippen LogP contribution < -0.4 is 5.32 Å². The molecule has 1 atom stereocenters. The molecule has 0 radical (unpaired) electrons. The van der Waals surface area contributed by atoms with E-state index in [0.29, 0.717) is 0 Å². The molecule has 0 aromatic rings. The fourth-order valence-electron chi connectivity index (χ4n) is 0.695. The van der Waals surface area contributed by atoms with Crippen LogP contribution in [0.4, 0.5) is 0 Å². The van der Waals surface area contributed by atoms with Crippen molar-refractivity contribution in [1.29, 1.82) is 0 Å². The van der Waals surface area contributed by atoms with E-state index in [2.05, 4.69) is 12.2 Å². The number of rotatable bonds is 3. The van der Waals surface area contributed by atoms with E-state index in [0.717, 1.165) is 12.1 Å². The van der Waals surface area contributed by atoms with Crippen LogP contribution in [0.5, 0.6) is 0 Å². The van der Waals surface area contributed by atoms with Crippen LogP contribution in [0.25, 0.3) is 0 Å². The summed E-state index contributed by atoms with van der Waals surface area (Å²) in [5.41, 5.74) is 1.03. The molecule has 1 unspecified atom stereocenters. The van der Waals surface area contributed by atoms with Crippen molar-refractivity contribution in [2.75, 3.05) is 0 Å². The molecule has 2 heteroatoms. The van der Waals surface area contributed by atoms with Crippen LogP contribution in [0.1, 0.15) is 27.2 Å². The van der Waals surface area contributed by atoms with E-state index < -0.39 is 6.23 Å². The number of aliphatic hydroxyl groups is 1. The van der Waals surface area contributed by atoms with Crippen molar-refractivity contribution in [3.63, 3.8) is 0 Å². The zero-order valence-corrected chi connectivity index (χ0v) is 6.31. The average molecular weight is 129 g/mol. The molecule has 0 aromatic carbocycles. The summed E-state index contributed by atoms with van der Waals surface area (Å²) in [5, 5.41) is 11.7. The van der Waals surface area contributed by atoms with Gasteiger partial charge in [0.05, 0.1) is 0 Å². The van der Waals surface area contributed by atoms with Crippen molar-refractivity contribution in [2.24, 2.45) is 0 Å². The van der Waals surface area contributed by atoms with Crippen LogP contribution in [0.2, 0.25) is 0 Å². The zero-order chi connectivity index (χ0) is 7.28. The first-order valence-corrected chi connectivity index (χ1v) is 3.28. The lowest BCUT2D eigenvalue weighted by Gasteiger charge is -2.07. The van der Waals surface area contributed by atoms with Crippen LogP contribution in [-0.2, 0) is 0 Å². The normalized spacial score (nSPS) is 15.3.